The van der Waals surface area contributed by atoms with Gasteiger partial charge < -0.3 is 4.42 Å². The molecule has 1 heterocycles. The van der Waals surface area contributed by atoms with Gasteiger partial charge >= 0.3 is 6.18 Å². The van der Waals surface area contributed by atoms with Gasteiger partial charge in [0.05, 0.1) is 6.04 Å². The SMILES string of the molecule is CC(NOCC(F)(F)F)c1ccc(Br)o1. The molecule has 0 aromatic carbocycles. The molecule has 0 aliphatic heterocycles. The number of rotatable bonds is 4. The Kier molecular flexibility index (Phi) is 4.18. The lowest BCUT2D eigenvalue weighted by Crippen LogP contribution is -2.26. The molecule has 0 aliphatic rings. The van der Waals surface area contributed by atoms with E-state index >= 15 is 0 Å². The molecule has 0 aliphatic carbocycles. The smallest absolute Gasteiger partial charge is 0.413 e. The van der Waals surface area contributed by atoms with Crippen LogP contribution < -0.4 is 5.48 Å². The molecule has 15 heavy (non-hydrogen) atoms. The normalized spacial score (nSPS) is 14.2. The Labute approximate surface area is 92.7 Å². The van der Waals surface area contributed by atoms with Gasteiger partial charge in [0.1, 0.15) is 5.76 Å². The van der Waals surface area contributed by atoms with Crippen molar-refractivity contribution in [1.29, 1.82) is 0 Å². The minimum atomic E-state index is -4.34. The van der Waals surface area contributed by atoms with Crippen molar-refractivity contribution in [3.05, 3.63) is 22.6 Å². The van der Waals surface area contributed by atoms with Crippen LogP contribution >= 0.6 is 15.9 Å². The quantitative estimate of drug-likeness (QED) is 0.864. The Bertz CT molecular complexity index is 313. The van der Waals surface area contributed by atoms with E-state index in [2.05, 4.69) is 26.2 Å². The van der Waals surface area contributed by atoms with Crippen molar-refractivity contribution in [1.82, 2.24) is 5.48 Å². The van der Waals surface area contributed by atoms with Crippen LogP contribution in [0.1, 0.15) is 18.7 Å². The van der Waals surface area contributed by atoms with Gasteiger partial charge in [-0.1, -0.05) is 0 Å². The summed E-state index contributed by atoms with van der Waals surface area (Å²) in [6.45, 7) is 0.293. The number of hydrogen-bond donors (Lipinski definition) is 1. The zero-order chi connectivity index (χ0) is 11.5. The standard InChI is InChI=1S/C8H9BrF3NO2/c1-5(6-2-3-7(9)15-6)13-14-4-8(10,11)12/h2-3,5,13H,4H2,1H3. The van der Waals surface area contributed by atoms with Gasteiger partial charge in [0, 0.05) is 0 Å². The van der Waals surface area contributed by atoms with E-state index in [1.807, 2.05) is 0 Å². The van der Waals surface area contributed by atoms with Crippen molar-refractivity contribution in [3.63, 3.8) is 0 Å². The van der Waals surface area contributed by atoms with E-state index in [-0.39, 0.29) is 0 Å². The van der Waals surface area contributed by atoms with Crippen LogP contribution in [0, 0.1) is 0 Å². The van der Waals surface area contributed by atoms with Crippen molar-refractivity contribution >= 4 is 15.9 Å². The topological polar surface area (TPSA) is 34.4 Å². The molecule has 0 spiro atoms. The monoisotopic (exact) mass is 287 g/mol. The Hall–Kier alpha value is -0.530. The van der Waals surface area contributed by atoms with Crippen LogP contribution in [0.2, 0.25) is 0 Å². The lowest BCUT2D eigenvalue weighted by atomic mass is 10.3. The summed E-state index contributed by atoms with van der Waals surface area (Å²) < 4.78 is 40.8. The molecule has 0 radical (unpaired) electrons. The number of hydrogen-bond acceptors (Lipinski definition) is 3. The fourth-order valence-electron chi connectivity index (χ4n) is 0.868. The zero-order valence-corrected chi connectivity index (χ0v) is 9.35. The lowest BCUT2D eigenvalue weighted by Gasteiger charge is -2.12. The Morgan fingerprint density at radius 1 is 1.53 bits per heavy atom. The first-order valence-corrected chi connectivity index (χ1v) is 4.87. The molecule has 3 nitrogen and oxygen atoms in total. The van der Waals surface area contributed by atoms with Gasteiger partial charge in [0.15, 0.2) is 11.3 Å². The number of hydroxylamine groups is 1. The van der Waals surface area contributed by atoms with Gasteiger partial charge in [0.2, 0.25) is 0 Å². The molecule has 86 valence electrons. The third kappa shape index (κ3) is 4.67. The maximum Gasteiger partial charge on any atom is 0.413 e. The second kappa shape index (κ2) is 5.00. The average molecular weight is 288 g/mol. The molecule has 1 unspecified atom stereocenters. The first-order chi connectivity index (χ1) is 6.88. The van der Waals surface area contributed by atoms with Gasteiger partial charge in [-0.25, -0.2) is 0 Å². The van der Waals surface area contributed by atoms with Crippen molar-refractivity contribution < 1.29 is 22.4 Å². The van der Waals surface area contributed by atoms with E-state index in [9.17, 15) is 13.2 Å². The summed E-state index contributed by atoms with van der Waals surface area (Å²) in [5.74, 6) is 0.490. The number of alkyl halides is 3. The fourth-order valence-corrected chi connectivity index (χ4v) is 1.19. The highest BCUT2D eigenvalue weighted by atomic mass is 79.9. The first-order valence-electron chi connectivity index (χ1n) is 4.08. The van der Waals surface area contributed by atoms with Crippen LogP contribution in [-0.4, -0.2) is 12.8 Å². The van der Waals surface area contributed by atoms with Crippen LogP contribution in [-0.2, 0) is 4.84 Å². The van der Waals surface area contributed by atoms with Gasteiger partial charge in [-0.15, -0.1) is 0 Å². The van der Waals surface area contributed by atoms with Crippen molar-refractivity contribution in [2.75, 3.05) is 6.61 Å². The van der Waals surface area contributed by atoms with Crippen molar-refractivity contribution in [2.24, 2.45) is 0 Å². The van der Waals surface area contributed by atoms with E-state index in [1.165, 1.54) is 0 Å². The molecule has 0 saturated heterocycles. The molecular weight excluding hydrogens is 279 g/mol. The van der Waals surface area contributed by atoms with Gasteiger partial charge in [-0.05, 0) is 35.0 Å². The summed E-state index contributed by atoms with van der Waals surface area (Å²) in [6.07, 6.45) is -4.34. The van der Waals surface area contributed by atoms with Crippen LogP contribution in [0.25, 0.3) is 0 Å². The third-order valence-electron chi connectivity index (χ3n) is 1.52. The summed E-state index contributed by atoms with van der Waals surface area (Å²) in [4.78, 5) is 4.27. The molecule has 1 rings (SSSR count). The lowest BCUT2D eigenvalue weighted by molar-refractivity contribution is -0.193. The zero-order valence-electron chi connectivity index (χ0n) is 7.77. The van der Waals surface area contributed by atoms with Crippen LogP contribution in [0.15, 0.2) is 21.2 Å². The molecule has 1 aromatic heterocycles. The van der Waals surface area contributed by atoms with Gasteiger partial charge in [-0.3, -0.25) is 4.84 Å². The third-order valence-corrected chi connectivity index (χ3v) is 1.94. The molecular formula is C8H9BrF3NO2. The summed E-state index contributed by atoms with van der Waals surface area (Å²) in [5.41, 5.74) is 2.23. The van der Waals surface area contributed by atoms with Crippen LogP contribution in [0.5, 0.6) is 0 Å². The molecule has 0 bridgehead atoms. The Morgan fingerprint density at radius 2 is 2.20 bits per heavy atom. The second-order valence-electron chi connectivity index (χ2n) is 2.89. The molecule has 0 fully saturated rings. The second-order valence-corrected chi connectivity index (χ2v) is 3.67. The highest BCUT2D eigenvalue weighted by Gasteiger charge is 2.28. The minimum Gasteiger partial charge on any atom is -0.453 e. The predicted octanol–water partition coefficient (Wildman–Crippen LogP) is 3.19. The maximum absolute atomic E-state index is 11.7. The van der Waals surface area contributed by atoms with E-state index in [0.29, 0.717) is 10.4 Å². The van der Waals surface area contributed by atoms with Crippen LogP contribution in [0.4, 0.5) is 13.2 Å². The molecule has 1 atom stereocenters. The van der Waals surface area contributed by atoms with Gasteiger partial charge in [0.25, 0.3) is 0 Å². The van der Waals surface area contributed by atoms with E-state index in [4.69, 9.17) is 4.42 Å². The van der Waals surface area contributed by atoms with E-state index < -0.39 is 18.8 Å². The molecule has 1 N–H and O–H groups in total. The highest BCUT2D eigenvalue weighted by Crippen LogP contribution is 2.20. The highest BCUT2D eigenvalue weighted by molar-refractivity contribution is 9.10. The average Bonchev–Trinajstić information content (AvgIpc) is 2.49. The summed E-state index contributed by atoms with van der Waals surface area (Å²) in [7, 11) is 0. The largest absolute Gasteiger partial charge is 0.453 e. The predicted molar refractivity (Wildman–Crippen MR) is 50.0 cm³/mol. The fraction of sp³-hybridized carbons (Fsp3) is 0.500. The van der Waals surface area contributed by atoms with E-state index in [1.54, 1.807) is 19.1 Å². The first kappa shape index (κ1) is 12.5. The maximum atomic E-state index is 11.7. The molecule has 0 amide bonds. The van der Waals surface area contributed by atoms with Crippen LogP contribution in [0.3, 0.4) is 0 Å². The van der Waals surface area contributed by atoms with Crippen molar-refractivity contribution in [3.8, 4) is 0 Å². The Morgan fingerprint density at radius 3 is 2.67 bits per heavy atom. The molecule has 1 aromatic rings. The van der Waals surface area contributed by atoms with Crippen molar-refractivity contribution in [2.45, 2.75) is 19.1 Å². The molecule has 0 saturated carbocycles. The number of nitrogens with one attached hydrogen (secondary N) is 1. The minimum absolute atomic E-state index is 0.446. The summed E-state index contributed by atoms with van der Waals surface area (Å²) >= 11 is 3.09. The number of halogens is 4. The van der Waals surface area contributed by atoms with E-state index in [0.717, 1.165) is 0 Å². The number of furan rings is 1. The Balaban J connectivity index is 2.34. The summed E-state index contributed by atoms with van der Waals surface area (Å²) in [6, 6.07) is 2.84. The van der Waals surface area contributed by atoms with Gasteiger partial charge in [-0.2, -0.15) is 18.7 Å². The summed E-state index contributed by atoms with van der Waals surface area (Å²) in [5, 5.41) is 0. The molecule has 7 heteroatoms.